The molecule has 0 spiro atoms. The molecule has 0 aliphatic heterocycles. The zero-order chi connectivity index (χ0) is 20.4. The van der Waals surface area contributed by atoms with Crippen molar-refractivity contribution < 1.29 is 4.79 Å². The van der Waals surface area contributed by atoms with Gasteiger partial charge in [0.2, 0.25) is 0 Å². The van der Waals surface area contributed by atoms with Gasteiger partial charge in [-0.3, -0.25) is 4.79 Å². The molecule has 4 rings (SSSR count). The fraction of sp³-hybridized carbons (Fsp3) is 0.208. The quantitative estimate of drug-likeness (QED) is 0.308. The van der Waals surface area contributed by atoms with Crippen LogP contribution in [0.5, 0.6) is 0 Å². The zero-order valence-electron chi connectivity index (χ0n) is 16.5. The van der Waals surface area contributed by atoms with Crippen molar-refractivity contribution in [3.63, 3.8) is 0 Å². The minimum Gasteiger partial charge on any atom is -0.346 e. The van der Waals surface area contributed by atoms with E-state index in [2.05, 4.69) is 38.1 Å². The zero-order valence-corrected chi connectivity index (χ0v) is 17.3. The van der Waals surface area contributed by atoms with Gasteiger partial charge in [0.1, 0.15) is 0 Å². The van der Waals surface area contributed by atoms with E-state index in [1.165, 1.54) is 17.3 Å². The Morgan fingerprint density at radius 3 is 2.72 bits per heavy atom. The van der Waals surface area contributed by atoms with Crippen LogP contribution in [0.2, 0.25) is 0 Å². The summed E-state index contributed by atoms with van der Waals surface area (Å²) in [6.07, 6.45) is 2.30. The summed E-state index contributed by atoms with van der Waals surface area (Å²) in [5, 5.41) is 11.9. The molecule has 2 aromatic carbocycles. The fourth-order valence-corrected chi connectivity index (χ4v) is 4.50. The Balaban J connectivity index is 1.60. The number of ketones is 1. The molecule has 0 saturated carbocycles. The monoisotopic (exact) mass is 399 g/mol. The Morgan fingerprint density at radius 2 is 1.90 bits per heavy atom. The number of hydrogen-bond donors (Lipinski definition) is 0. The SMILES string of the molecule is Cc1cc(SCC(=O)c2cn(CCC#N)c3ccccc23)nc2c(C)cccc12. The van der Waals surface area contributed by atoms with Crippen LogP contribution >= 0.6 is 11.8 Å². The molecule has 2 heterocycles. The molecule has 0 aliphatic rings. The van der Waals surface area contributed by atoms with Gasteiger partial charge in [0.25, 0.3) is 0 Å². The first-order valence-electron chi connectivity index (χ1n) is 9.56. The number of carbonyl (C=O) groups excluding carboxylic acids is 1. The van der Waals surface area contributed by atoms with Crippen molar-refractivity contribution in [2.75, 3.05) is 5.75 Å². The number of aryl methyl sites for hydroxylation is 3. The number of para-hydroxylation sites is 2. The van der Waals surface area contributed by atoms with Crippen LogP contribution in [0.3, 0.4) is 0 Å². The van der Waals surface area contributed by atoms with E-state index in [9.17, 15) is 4.79 Å². The number of hydrogen-bond acceptors (Lipinski definition) is 4. The van der Waals surface area contributed by atoms with Gasteiger partial charge in [0.15, 0.2) is 5.78 Å². The number of nitrogens with zero attached hydrogens (tertiary/aromatic N) is 3. The Morgan fingerprint density at radius 1 is 1.10 bits per heavy atom. The highest BCUT2D eigenvalue weighted by Crippen LogP contribution is 2.28. The number of fused-ring (bicyclic) bond motifs is 2. The molecule has 29 heavy (non-hydrogen) atoms. The van der Waals surface area contributed by atoms with Gasteiger partial charge in [-0.1, -0.05) is 48.2 Å². The first-order chi connectivity index (χ1) is 14.1. The maximum atomic E-state index is 13.0. The second kappa shape index (κ2) is 8.10. The van der Waals surface area contributed by atoms with Gasteiger partial charge >= 0.3 is 0 Å². The lowest BCUT2D eigenvalue weighted by Gasteiger charge is -2.08. The molecule has 4 nitrogen and oxygen atoms in total. The number of thioether (sulfide) groups is 1. The molecule has 5 heteroatoms. The largest absolute Gasteiger partial charge is 0.346 e. The number of rotatable bonds is 6. The Bertz CT molecular complexity index is 1270. The lowest BCUT2D eigenvalue weighted by Crippen LogP contribution is -2.02. The molecule has 0 N–H and O–H groups in total. The predicted molar refractivity (Wildman–Crippen MR) is 118 cm³/mol. The van der Waals surface area contributed by atoms with Crippen molar-refractivity contribution in [2.45, 2.75) is 31.8 Å². The number of benzene rings is 2. The lowest BCUT2D eigenvalue weighted by molar-refractivity contribution is 0.102. The van der Waals surface area contributed by atoms with Crippen molar-refractivity contribution in [3.8, 4) is 6.07 Å². The van der Waals surface area contributed by atoms with Crippen molar-refractivity contribution >= 4 is 39.4 Å². The van der Waals surface area contributed by atoms with E-state index < -0.39 is 0 Å². The van der Waals surface area contributed by atoms with E-state index in [1.54, 1.807) is 0 Å². The van der Waals surface area contributed by atoms with Crippen LogP contribution in [0, 0.1) is 25.2 Å². The maximum Gasteiger partial charge on any atom is 0.175 e. The van der Waals surface area contributed by atoms with Crippen LogP contribution in [0.4, 0.5) is 0 Å². The summed E-state index contributed by atoms with van der Waals surface area (Å²) in [5.41, 5.74) is 5.00. The molecule has 0 radical (unpaired) electrons. The Kier molecular flexibility index (Phi) is 5.37. The van der Waals surface area contributed by atoms with Gasteiger partial charge in [0, 0.05) is 34.6 Å². The highest BCUT2D eigenvalue weighted by Gasteiger charge is 2.16. The average molecular weight is 400 g/mol. The minimum absolute atomic E-state index is 0.0752. The minimum atomic E-state index is 0.0752. The first-order valence-corrected chi connectivity index (χ1v) is 10.5. The van der Waals surface area contributed by atoms with Crippen LogP contribution in [0.15, 0.2) is 59.8 Å². The summed E-state index contributed by atoms with van der Waals surface area (Å²) < 4.78 is 2.00. The van der Waals surface area contributed by atoms with Gasteiger partial charge in [-0.2, -0.15) is 5.26 Å². The number of nitriles is 1. The van der Waals surface area contributed by atoms with Gasteiger partial charge in [-0.25, -0.2) is 4.98 Å². The van der Waals surface area contributed by atoms with Crippen LogP contribution in [0.25, 0.3) is 21.8 Å². The first kappa shape index (κ1) is 19.2. The van der Waals surface area contributed by atoms with Crippen LogP contribution < -0.4 is 0 Å². The summed E-state index contributed by atoms with van der Waals surface area (Å²) >= 11 is 1.47. The molecule has 0 bridgehead atoms. The molecule has 4 aromatic rings. The average Bonchev–Trinajstić information content (AvgIpc) is 3.10. The number of aromatic nitrogens is 2. The third-order valence-electron chi connectivity index (χ3n) is 5.13. The summed E-state index contributed by atoms with van der Waals surface area (Å²) in [7, 11) is 0. The lowest BCUT2D eigenvalue weighted by atomic mass is 10.1. The third-order valence-corrected chi connectivity index (χ3v) is 6.04. The second-order valence-electron chi connectivity index (χ2n) is 7.12. The summed E-state index contributed by atoms with van der Waals surface area (Å²) in [6.45, 7) is 4.73. The van der Waals surface area contributed by atoms with Crippen LogP contribution in [-0.4, -0.2) is 21.1 Å². The normalized spacial score (nSPS) is 11.1. The van der Waals surface area contributed by atoms with Crippen molar-refractivity contribution in [3.05, 3.63) is 71.4 Å². The highest BCUT2D eigenvalue weighted by atomic mass is 32.2. The summed E-state index contributed by atoms with van der Waals surface area (Å²) in [6, 6.07) is 18.3. The van der Waals surface area contributed by atoms with Crippen molar-refractivity contribution in [1.82, 2.24) is 9.55 Å². The molecule has 0 unspecified atom stereocenters. The standard InChI is InChI=1S/C24H21N3OS/c1-16-7-5-9-18-17(2)13-23(26-24(16)18)29-15-22(28)20-14-27(12-6-11-25)21-10-4-3-8-19(20)21/h3-5,7-10,13-14H,6,12,15H2,1-2H3. The molecular formula is C24H21N3OS. The van der Waals surface area contributed by atoms with E-state index in [1.807, 2.05) is 41.1 Å². The summed E-state index contributed by atoms with van der Waals surface area (Å²) in [5.74, 6) is 0.405. The Hall–Kier alpha value is -3.10. The molecular weight excluding hydrogens is 378 g/mol. The van der Waals surface area contributed by atoms with E-state index in [0.29, 0.717) is 24.3 Å². The second-order valence-corrected chi connectivity index (χ2v) is 8.12. The fourth-order valence-electron chi connectivity index (χ4n) is 3.65. The van der Waals surface area contributed by atoms with E-state index in [0.717, 1.165) is 32.4 Å². The van der Waals surface area contributed by atoms with Crippen molar-refractivity contribution in [2.24, 2.45) is 0 Å². The summed E-state index contributed by atoms with van der Waals surface area (Å²) in [4.78, 5) is 17.8. The molecule has 0 fully saturated rings. The van der Waals surface area contributed by atoms with Crippen LogP contribution in [0.1, 0.15) is 27.9 Å². The van der Waals surface area contributed by atoms with Gasteiger partial charge < -0.3 is 4.57 Å². The van der Waals surface area contributed by atoms with E-state index in [4.69, 9.17) is 10.2 Å². The number of Topliss-reactive ketones (excluding diaryl/α,β-unsaturated/α-hetero) is 1. The maximum absolute atomic E-state index is 13.0. The van der Waals surface area contributed by atoms with Gasteiger partial charge in [-0.05, 0) is 37.1 Å². The van der Waals surface area contributed by atoms with Crippen LogP contribution in [-0.2, 0) is 6.54 Å². The number of carbonyl (C=O) groups is 1. The topological polar surface area (TPSA) is 58.7 Å². The van der Waals surface area contributed by atoms with E-state index in [-0.39, 0.29) is 5.78 Å². The van der Waals surface area contributed by atoms with Crippen molar-refractivity contribution in [1.29, 1.82) is 5.26 Å². The Labute approximate surface area is 174 Å². The number of pyridine rings is 1. The molecule has 2 aromatic heterocycles. The molecule has 0 atom stereocenters. The highest BCUT2D eigenvalue weighted by molar-refractivity contribution is 7.99. The molecule has 0 saturated heterocycles. The molecule has 144 valence electrons. The smallest absolute Gasteiger partial charge is 0.175 e. The predicted octanol–water partition coefficient (Wildman–Crippen LogP) is 5.70. The molecule has 0 amide bonds. The van der Waals surface area contributed by atoms with Gasteiger partial charge in [0.05, 0.1) is 28.8 Å². The molecule has 0 aliphatic carbocycles. The van der Waals surface area contributed by atoms with Gasteiger partial charge in [-0.15, -0.1) is 0 Å². The third kappa shape index (κ3) is 3.76. The van der Waals surface area contributed by atoms with E-state index >= 15 is 0 Å².